The lowest BCUT2D eigenvalue weighted by molar-refractivity contribution is 0.0919. The first-order valence-electron chi connectivity index (χ1n) is 6.47. The predicted molar refractivity (Wildman–Crippen MR) is 72.0 cm³/mol. The van der Waals surface area contributed by atoms with Crippen molar-refractivity contribution < 1.29 is 14.4 Å². The maximum Gasteiger partial charge on any atom is 0.293 e. The zero-order valence-corrected chi connectivity index (χ0v) is 11.2. The zero-order chi connectivity index (χ0) is 14.4. The van der Waals surface area contributed by atoms with Crippen LogP contribution in [0.5, 0.6) is 0 Å². The Hall–Kier alpha value is -2.21. The van der Waals surface area contributed by atoms with Crippen LogP contribution in [0.4, 0.5) is 0 Å². The van der Waals surface area contributed by atoms with Crippen molar-refractivity contribution in [3.05, 3.63) is 47.6 Å². The molecule has 0 aliphatic carbocycles. The van der Waals surface area contributed by atoms with Gasteiger partial charge in [-0.1, -0.05) is 35.5 Å². The Kier molecular flexibility index (Phi) is 4.84. The van der Waals surface area contributed by atoms with E-state index >= 15 is 0 Å². The van der Waals surface area contributed by atoms with Crippen LogP contribution in [0.2, 0.25) is 0 Å². The predicted octanol–water partition coefficient (Wildman–Crippen LogP) is 1.62. The molecule has 0 bridgehead atoms. The number of carbonyl (C=O) groups excluding carboxylic acids is 1. The molecule has 0 saturated carbocycles. The summed E-state index contributed by atoms with van der Waals surface area (Å²) >= 11 is 0. The van der Waals surface area contributed by atoms with Crippen LogP contribution in [0.25, 0.3) is 0 Å². The Morgan fingerprint density at radius 3 is 2.75 bits per heavy atom. The second kappa shape index (κ2) is 6.81. The van der Waals surface area contributed by atoms with Gasteiger partial charge in [0.2, 0.25) is 5.89 Å². The van der Waals surface area contributed by atoms with Crippen molar-refractivity contribution in [2.24, 2.45) is 0 Å². The van der Waals surface area contributed by atoms with Gasteiger partial charge >= 0.3 is 0 Å². The van der Waals surface area contributed by atoms with Crippen molar-refractivity contribution in [2.75, 3.05) is 6.61 Å². The van der Waals surface area contributed by atoms with E-state index in [4.69, 9.17) is 9.63 Å². The SMILES string of the molecule is Cc1nc(C(=O)NC(CCCO)c2ccccc2)no1. The van der Waals surface area contributed by atoms with Crippen molar-refractivity contribution in [2.45, 2.75) is 25.8 Å². The summed E-state index contributed by atoms with van der Waals surface area (Å²) in [4.78, 5) is 15.9. The summed E-state index contributed by atoms with van der Waals surface area (Å²) in [6, 6.07) is 9.41. The minimum Gasteiger partial charge on any atom is -0.396 e. The molecule has 0 fully saturated rings. The Morgan fingerprint density at radius 2 is 2.15 bits per heavy atom. The first kappa shape index (κ1) is 14.2. The van der Waals surface area contributed by atoms with Gasteiger partial charge in [0.1, 0.15) is 0 Å². The van der Waals surface area contributed by atoms with Crippen molar-refractivity contribution >= 4 is 5.91 Å². The van der Waals surface area contributed by atoms with Crippen LogP contribution in [0, 0.1) is 6.92 Å². The second-order valence-corrected chi connectivity index (χ2v) is 4.44. The third kappa shape index (κ3) is 3.64. The molecular formula is C14H17N3O3. The van der Waals surface area contributed by atoms with Crippen LogP contribution in [0.15, 0.2) is 34.9 Å². The van der Waals surface area contributed by atoms with Gasteiger partial charge in [0.05, 0.1) is 6.04 Å². The second-order valence-electron chi connectivity index (χ2n) is 4.44. The number of nitrogens with one attached hydrogen (secondary N) is 1. The highest BCUT2D eigenvalue weighted by molar-refractivity contribution is 5.90. The number of aromatic nitrogens is 2. The van der Waals surface area contributed by atoms with Gasteiger partial charge in [0, 0.05) is 13.5 Å². The maximum atomic E-state index is 12.0. The highest BCUT2D eigenvalue weighted by Crippen LogP contribution is 2.18. The molecule has 0 aliphatic rings. The number of benzene rings is 1. The topological polar surface area (TPSA) is 88.2 Å². The fourth-order valence-corrected chi connectivity index (χ4v) is 1.92. The van der Waals surface area contributed by atoms with E-state index in [1.54, 1.807) is 6.92 Å². The third-order valence-electron chi connectivity index (χ3n) is 2.89. The molecule has 1 heterocycles. The lowest BCUT2D eigenvalue weighted by atomic mass is 10.0. The summed E-state index contributed by atoms with van der Waals surface area (Å²) in [7, 11) is 0. The smallest absolute Gasteiger partial charge is 0.293 e. The largest absolute Gasteiger partial charge is 0.396 e. The summed E-state index contributed by atoms with van der Waals surface area (Å²) in [6.45, 7) is 1.71. The van der Waals surface area contributed by atoms with Gasteiger partial charge in [-0.2, -0.15) is 4.98 Å². The van der Waals surface area contributed by atoms with E-state index in [0.717, 1.165) is 5.56 Å². The van der Waals surface area contributed by atoms with E-state index in [2.05, 4.69) is 15.5 Å². The number of amides is 1. The standard InChI is InChI=1S/C14H17N3O3/c1-10-15-13(17-20-10)14(19)16-12(8-5-9-18)11-6-3-2-4-7-11/h2-4,6-7,12,18H,5,8-9H2,1H3,(H,16,19). The molecule has 0 radical (unpaired) electrons. The molecule has 106 valence electrons. The molecule has 0 saturated heterocycles. The molecule has 2 aromatic rings. The van der Waals surface area contributed by atoms with Gasteiger partial charge in [-0.25, -0.2) is 0 Å². The maximum absolute atomic E-state index is 12.0. The molecular weight excluding hydrogens is 258 g/mol. The van der Waals surface area contributed by atoms with E-state index in [-0.39, 0.29) is 24.4 Å². The monoisotopic (exact) mass is 275 g/mol. The summed E-state index contributed by atoms with van der Waals surface area (Å²) in [5.74, 6) is -0.0113. The summed E-state index contributed by atoms with van der Waals surface area (Å²) in [5, 5.41) is 15.4. The lowest BCUT2D eigenvalue weighted by Gasteiger charge is -2.17. The van der Waals surface area contributed by atoms with Crippen molar-refractivity contribution in [3.63, 3.8) is 0 Å². The number of aliphatic hydroxyl groups is 1. The molecule has 6 heteroatoms. The summed E-state index contributed by atoms with van der Waals surface area (Å²) < 4.78 is 4.79. The highest BCUT2D eigenvalue weighted by atomic mass is 16.5. The van der Waals surface area contributed by atoms with Crippen molar-refractivity contribution in [3.8, 4) is 0 Å². The van der Waals surface area contributed by atoms with Crippen LogP contribution in [-0.2, 0) is 0 Å². The Bertz CT molecular complexity index is 554. The van der Waals surface area contributed by atoms with Crippen LogP contribution in [-0.4, -0.2) is 27.8 Å². The van der Waals surface area contributed by atoms with Gasteiger partial charge in [-0.05, 0) is 18.4 Å². The summed E-state index contributed by atoms with van der Waals surface area (Å²) in [6.07, 6.45) is 1.24. The lowest BCUT2D eigenvalue weighted by Crippen LogP contribution is -2.29. The van der Waals surface area contributed by atoms with Gasteiger partial charge < -0.3 is 14.9 Å². The van der Waals surface area contributed by atoms with E-state index in [1.165, 1.54) is 0 Å². The molecule has 1 atom stereocenters. The molecule has 20 heavy (non-hydrogen) atoms. The van der Waals surface area contributed by atoms with Crippen LogP contribution in [0.3, 0.4) is 0 Å². The van der Waals surface area contributed by atoms with E-state index in [9.17, 15) is 4.79 Å². The van der Waals surface area contributed by atoms with Gasteiger partial charge in [-0.15, -0.1) is 0 Å². The minimum absolute atomic E-state index is 0.0208. The molecule has 0 aliphatic heterocycles. The van der Waals surface area contributed by atoms with Crippen molar-refractivity contribution in [1.29, 1.82) is 0 Å². The first-order chi connectivity index (χ1) is 9.70. The van der Waals surface area contributed by atoms with Gasteiger partial charge in [0.25, 0.3) is 11.7 Å². The number of hydrogen-bond donors (Lipinski definition) is 2. The molecule has 0 spiro atoms. The number of carbonyl (C=O) groups is 1. The summed E-state index contributed by atoms with van der Waals surface area (Å²) in [5.41, 5.74) is 0.981. The first-order valence-corrected chi connectivity index (χ1v) is 6.47. The minimum atomic E-state index is -0.381. The molecule has 1 aromatic heterocycles. The van der Waals surface area contributed by atoms with E-state index in [0.29, 0.717) is 18.7 Å². The number of aliphatic hydroxyl groups excluding tert-OH is 1. The number of rotatable bonds is 6. The van der Waals surface area contributed by atoms with E-state index < -0.39 is 0 Å². The number of hydrogen-bond acceptors (Lipinski definition) is 5. The molecule has 1 amide bonds. The highest BCUT2D eigenvalue weighted by Gasteiger charge is 2.18. The van der Waals surface area contributed by atoms with Crippen LogP contribution >= 0.6 is 0 Å². The molecule has 2 N–H and O–H groups in total. The fraction of sp³-hybridized carbons (Fsp3) is 0.357. The molecule has 2 rings (SSSR count). The fourth-order valence-electron chi connectivity index (χ4n) is 1.92. The average Bonchev–Trinajstić information content (AvgIpc) is 2.91. The number of nitrogens with zero attached hydrogens (tertiary/aromatic N) is 2. The number of aryl methyl sites for hydroxylation is 1. The molecule has 6 nitrogen and oxygen atoms in total. The van der Waals surface area contributed by atoms with Crippen LogP contribution in [0.1, 0.15) is 41.0 Å². The van der Waals surface area contributed by atoms with E-state index in [1.807, 2.05) is 30.3 Å². The van der Waals surface area contributed by atoms with Crippen molar-refractivity contribution in [1.82, 2.24) is 15.5 Å². The average molecular weight is 275 g/mol. The Labute approximate surface area is 116 Å². The van der Waals surface area contributed by atoms with Gasteiger partial charge in [-0.3, -0.25) is 4.79 Å². The van der Waals surface area contributed by atoms with Gasteiger partial charge in [0.15, 0.2) is 0 Å². The quantitative estimate of drug-likeness (QED) is 0.836. The molecule has 1 unspecified atom stereocenters. The molecule has 1 aromatic carbocycles. The Balaban J connectivity index is 2.09. The Morgan fingerprint density at radius 1 is 1.40 bits per heavy atom. The normalized spacial score (nSPS) is 12.1. The zero-order valence-electron chi connectivity index (χ0n) is 11.2. The third-order valence-corrected chi connectivity index (χ3v) is 2.89. The van der Waals surface area contributed by atoms with Crippen LogP contribution < -0.4 is 5.32 Å².